The Morgan fingerprint density at radius 3 is 2.16 bits per heavy atom. The Morgan fingerprint density at radius 2 is 1.68 bits per heavy atom. The van der Waals surface area contributed by atoms with E-state index in [0.717, 1.165) is 44.8 Å². The van der Waals surface area contributed by atoms with Gasteiger partial charge in [0.2, 0.25) is 0 Å². The van der Waals surface area contributed by atoms with Gasteiger partial charge in [-0.1, -0.05) is 44.5 Å². The fourth-order valence-corrected chi connectivity index (χ4v) is 6.93. The van der Waals surface area contributed by atoms with Crippen molar-refractivity contribution in [3.8, 4) is 0 Å². The van der Waals surface area contributed by atoms with Crippen LogP contribution in [0.1, 0.15) is 77.1 Å². The van der Waals surface area contributed by atoms with Crippen molar-refractivity contribution < 1.29 is 39.2 Å². The number of Topliss-reactive ketones (excluding diaryl/α,β-unsaturated/α-hetero) is 1. The Kier molecular flexibility index (Phi) is 8.91. The molecule has 3 aliphatic carbocycles. The van der Waals surface area contributed by atoms with Crippen molar-refractivity contribution in [1.82, 2.24) is 0 Å². The lowest BCUT2D eigenvalue weighted by molar-refractivity contribution is -0.216. The van der Waals surface area contributed by atoms with Crippen molar-refractivity contribution in [3.05, 3.63) is 47.0 Å². The lowest BCUT2D eigenvalue weighted by Gasteiger charge is -2.61. The molecular weight excluding hydrogens is 488 g/mol. The molecule has 6 unspecified atom stereocenters. The van der Waals surface area contributed by atoms with Crippen molar-refractivity contribution in [2.45, 2.75) is 84.5 Å². The second-order valence-electron chi connectivity index (χ2n) is 11.8. The molecule has 6 atom stereocenters. The summed E-state index contributed by atoms with van der Waals surface area (Å²) in [6.45, 7) is 10.2. The highest BCUT2D eigenvalue weighted by Gasteiger charge is 2.63. The number of ether oxygens (including phenoxy) is 2. The third kappa shape index (κ3) is 5.44. The van der Waals surface area contributed by atoms with Gasteiger partial charge < -0.3 is 24.8 Å². The zero-order valence-electron chi connectivity index (χ0n) is 23.3. The SMILES string of the molecule is CC(=O)O.COC1C(=O)C2(C)CCC3OCC3C2CC2(O)CCC(C)=C1C2(C)C.O=C(O)c1ccccc1. The molecule has 1 aliphatic heterocycles. The molecule has 0 radical (unpaired) electrons. The van der Waals surface area contributed by atoms with Crippen LogP contribution < -0.4 is 0 Å². The van der Waals surface area contributed by atoms with Crippen LogP contribution in [0, 0.1) is 22.7 Å². The first-order valence-electron chi connectivity index (χ1n) is 13.3. The van der Waals surface area contributed by atoms with Gasteiger partial charge in [-0.3, -0.25) is 9.59 Å². The summed E-state index contributed by atoms with van der Waals surface area (Å²) >= 11 is 0. The van der Waals surface area contributed by atoms with Crippen LogP contribution in [0.3, 0.4) is 0 Å². The van der Waals surface area contributed by atoms with Gasteiger partial charge in [0.25, 0.3) is 5.97 Å². The molecule has 8 heteroatoms. The Bertz CT molecular complexity index is 1070. The molecule has 38 heavy (non-hydrogen) atoms. The van der Waals surface area contributed by atoms with E-state index in [0.29, 0.717) is 17.9 Å². The van der Waals surface area contributed by atoms with E-state index >= 15 is 0 Å². The molecular formula is C30H42O8. The van der Waals surface area contributed by atoms with E-state index in [9.17, 15) is 14.7 Å². The number of carboxylic acid groups (broad SMARTS) is 2. The van der Waals surface area contributed by atoms with Crippen LogP contribution in [-0.2, 0) is 19.1 Å². The van der Waals surface area contributed by atoms with E-state index in [1.807, 2.05) is 0 Å². The van der Waals surface area contributed by atoms with Gasteiger partial charge in [0.05, 0.1) is 23.9 Å². The highest BCUT2D eigenvalue weighted by atomic mass is 16.5. The summed E-state index contributed by atoms with van der Waals surface area (Å²) in [5.41, 5.74) is 0.905. The molecule has 210 valence electrons. The molecule has 1 aromatic carbocycles. The van der Waals surface area contributed by atoms with E-state index in [4.69, 9.17) is 24.5 Å². The number of carboxylic acids is 2. The molecule has 3 N–H and O–H groups in total. The molecule has 3 fully saturated rings. The number of methoxy groups -OCH3 is 1. The van der Waals surface area contributed by atoms with Crippen molar-refractivity contribution in [1.29, 1.82) is 0 Å². The van der Waals surface area contributed by atoms with Crippen LogP contribution in [0.2, 0.25) is 0 Å². The maximum Gasteiger partial charge on any atom is 0.335 e. The number of aliphatic carboxylic acids is 1. The second kappa shape index (κ2) is 11.3. The second-order valence-corrected chi connectivity index (χ2v) is 11.8. The molecule has 1 aromatic rings. The molecule has 1 saturated heterocycles. The van der Waals surface area contributed by atoms with Gasteiger partial charge in [-0.2, -0.15) is 0 Å². The van der Waals surface area contributed by atoms with Crippen LogP contribution in [-0.4, -0.2) is 64.6 Å². The molecule has 8 nitrogen and oxygen atoms in total. The largest absolute Gasteiger partial charge is 0.481 e. The van der Waals surface area contributed by atoms with Gasteiger partial charge in [0.15, 0.2) is 5.78 Å². The average Bonchev–Trinajstić information content (AvgIpc) is 2.82. The number of hydrogen-bond donors (Lipinski definition) is 3. The summed E-state index contributed by atoms with van der Waals surface area (Å²) in [6, 6.07) is 8.30. The van der Waals surface area contributed by atoms with Crippen molar-refractivity contribution >= 4 is 17.7 Å². The summed E-state index contributed by atoms with van der Waals surface area (Å²) in [7, 11) is 1.64. The third-order valence-electron chi connectivity index (χ3n) is 9.35. The molecule has 0 amide bonds. The first-order chi connectivity index (χ1) is 17.7. The Balaban J connectivity index is 0.000000255. The fourth-order valence-electron chi connectivity index (χ4n) is 6.93. The first-order valence-corrected chi connectivity index (χ1v) is 13.3. The number of benzene rings is 1. The monoisotopic (exact) mass is 530 g/mol. The van der Waals surface area contributed by atoms with Gasteiger partial charge >= 0.3 is 5.97 Å². The third-order valence-corrected chi connectivity index (χ3v) is 9.35. The number of fused-ring (bicyclic) bond motifs is 5. The highest BCUT2D eigenvalue weighted by Crippen LogP contribution is 2.61. The van der Waals surface area contributed by atoms with E-state index in [2.05, 4.69) is 27.7 Å². The van der Waals surface area contributed by atoms with Gasteiger partial charge in [0, 0.05) is 30.8 Å². The van der Waals surface area contributed by atoms with Crippen molar-refractivity contribution in [3.63, 3.8) is 0 Å². The molecule has 2 saturated carbocycles. The van der Waals surface area contributed by atoms with Gasteiger partial charge in [0.1, 0.15) is 6.10 Å². The average molecular weight is 531 g/mol. The minimum Gasteiger partial charge on any atom is -0.481 e. The molecule has 2 bridgehead atoms. The minimum absolute atomic E-state index is 0.175. The summed E-state index contributed by atoms with van der Waals surface area (Å²) in [6.07, 6.45) is 3.83. The number of carbonyl (C=O) groups is 3. The summed E-state index contributed by atoms with van der Waals surface area (Å²) in [4.78, 5) is 32.9. The molecule has 5 rings (SSSR count). The van der Waals surface area contributed by atoms with E-state index in [-0.39, 0.29) is 17.8 Å². The summed E-state index contributed by atoms with van der Waals surface area (Å²) in [5, 5.41) is 27.6. The predicted octanol–water partition coefficient (Wildman–Crippen LogP) is 4.75. The smallest absolute Gasteiger partial charge is 0.335 e. The number of ketones is 1. The van der Waals surface area contributed by atoms with Crippen molar-refractivity contribution in [2.75, 3.05) is 13.7 Å². The normalized spacial score (nSPS) is 34.9. The van der Waals surface area contributed by atoms with Crippen LogP contribution in [0.5, 0.6) is 0 Å². The number of carbonyl (C=O) groups excluding carboxylic acids is 1. The topological polar surface area (TPSA) is 130 Å². The maximum absolute atomic E-state index is 13.7. The minimum atomic E-state index is -0.879. The van der Waals surface area contributed by atoms with Gasteiger partial charge in [-0.05, 0) is 62.7 Å². The number of allylic oxidation sites excluding steroid dienone is 1. The lowest BCUT2D eigenvalue weighted by atomic mass is 9.48. The highest BCUT2D eigenvalue weighted by molar-refractivity contribution is 5.92. The van der Waals surface area contributed by atoms with Crippen LogP contribution in [0.4, 0.5) is 0 Å². The number of aliphatic hydroxyl groups is 1. The molecule has 4 aliphatic rings. The van der Waals surface area contributed by atoms with Gasteiger partial charge in [-0.25, -0.2) is 4.79 Å². The Morgan fingerprint density at radius 1 is 1.08 bits per heavy atom. The van der Waals surface area contributed by atoms with E-state index in [1.165, 1.54) is 5.57 Å². The molecule has 1 heterocycles. The van der Waals surface area contributed by atoms with E-state index < -0.39 is 34.5 Å². The molecule has 0 spiro atoms. The number of aromatic carboxylic acids is 1. The summed E-state index contributed by atoms with van der Waals surface area (Å²) in [5.74, 6) is -0.921. The van der Waals surface area contributed by atoms with Crippen LogP contribution in [0.25, 0.3) is 0 Å². The first kappa shape index (κ1) is 30.0. The zero-order valence-corrected chi connectivity index (χ0v) is 23.3. The Labute approximate surface area is 225 Å². The van der Waals surface area contributed by atoms with Crippen LogP contribution in [0.15, 0.2) is 41.5 Å². The maximum atomic E-state index is 13.7. The number of rotatable bonds is 2. The van der Waals surface area contributed by atoms with Crippen molar-refractivity contribution in [2.24, 2.45) is 22.7 Å². The Hall–Kier alpha value is -2.55. The number of hydrogen-bond acceptors (Lipinski definition) is 6. The quantitative estimate of drug-likeness (QED) is 0.467. The van der Waals surface area contributed by atoms with Crippen LogP contribution >= 0.6 is 0 Å². The van der Waals surface area contributed by atoms with E-state index in [1.54, 1.807) is 37.4 Å². The lowest BCUT2D eigenvalue weighted by Crippen LogP contribution is -2.64. The predicted molar refractivity (Wildman–Crippen MR) is 142 cm³/mol. The van der Waals surface area contributed by atoms with Gasteiger partial charge in [-0.15, -0.1) is 0 Å². The standard InChI is InChI=1S/C21H32O4.C7H6O2.C2H4O2/c1-12-6-9-21(23)10-14-13-11-25-15(13)7-8-20(14,4)18(22)17(24-5)16(12)19(21,2)3;8-7(9)6-4-2-1-3-5-6;1-2(3)4/h13-15,17,23H,6-11H2,1-5H3;1-5H,(H,8,9);1H3,(H,3,4). The fraction of sp³-hybridized carbons (Fsp3) is 0.633. The zero-order chi connectivity index (χ0) is 28.5. The molecule has 0 aromatic heterocycles. The summed E-state index contributed by atoms with van der Waals surface area (Å²) < 4.78 is 11.6.